The molecule has 1 nitrogen and oxygen atoms in total. The van der Waals surface area contributed by atoms with E-state index in [2.05, 4.69) is 41.5 Å². The van der Waals surface area contributed by atoms with Gasteiger partial charge in [-0.25, -0.2) is 0 Å². The molecule has 0 radical (unpaired) electrons. The van der Waals surface area contributed by atoms with Crippen LogP contribution < -0.4 is 0 Å². The smallest absolute Gasteiger partial charge is 0.0240 e. The van der Waals surface area contributed by atoms with E-state index in [1.807, 2.05) is 0 Å². The average molecular weight is 230 g/mol. The van der Waals surface area contributed by atoms with Crippen molar-refractivity contribution in [2.24, 2.45) is 16.2 Å². The van der Waals surface area contributed by atoms with Crippen molar-refractivity contribution < 1.29 is 4.21 Å². The summed E-state index contributed by atoms with van der Waals surface area (Å²) in [4.78, 5) is 0. The van der Waals surface area contributed by atoms with Crippen LogP contribution in [-0.2, 0) is 10.8 Å². The number of rotatable bonds is 0. The van der Waals surface area contributed by atoms with E-state index in [0.29, 0.717) is 16.2 Å². The van der Waals surface area contributed by atoms with Crippen molar-refractivity contribution in [2.75, 3.05) is 11.5 Å². The summed E-state index contributed by atoms with van der Waals surface area (Å²) in [6, 6.07) is 0. The highest BCUT2D eigenvalue weighted by molar-refractivity contribution is 7.85. The first-order valence-corrected chi connectivity index (χ1v) is 7.44. The summed E-state index contributed by atoms with van der Waals surface area (Å²) >= 11 is 0. The van der Waals surface area contributed by atoms with Crippen molar-refractivity contribution in [3.05, 3.63) is 0 Å². The molecular formula is C13H26OS. The average Bonchev–Trinajstić information content (AvgIpc) is 2.00. The molecule has 1 fully saturated rings. The van der Waals surface area contributed by atoms with Gasteiger partial charge >= 0.3 is 0 Å². The molecule has 0 spiro atoms. The molecule has 0 aliphatic carbocycles. The van der Waals surface area contributed by atoms with Crippen molar-refractivity contribution in [1.29, 1.82) is 0 Å². The summed E-state index contributed by atoms with van der Waals surface area (Å²) in [5.74, 6) is 1.79. The molecule has 0 atom stereocenters. The maximum Gasteiger partial charge on any atom is 0.0240 e. The van der Waals surface area contributed by atoms with Crippen LogP contribution in [0.1, 0.15) is 54.4 Å². The van der Waals surface area contributed by atoms with E-state index in [1.165, 1.54) is 0 Å². The highest BCUT2D eigenvalue weighted by Gasteiger charge is 2.51. The summed E-state index contributed by atoms with van der Waals surface area (Å²) in [6.45, 7) is 14.0. The first-order valence-electron chi connectivity index (χ1n) is 5.95. The van der Waals surface area contributed by atoms with Gasteiger partial charge in [0.05, 0.1) is 0 Å². The van der Waals surface area contributed by atoms with Gasteiger partial charge in [-0.3, -0.25) is 4.21 Å². The van der Waals surface area contributed by atoms with Gasteiger partial charge in [-0.2, -0.15) is 0 Å². The van der Waals surface area contributed by atoms with Crippen molar-refractivity contribution in [3.8, 4) is 0 Å². The van der Waals surface area contributed by atoms with Crippen LogP contribution in [0.2, 0.25) is 0 Å². The number of hydrogen-bond donors (Lipinski definition) is 0. The summed E-state index contributed by atoms with van der Waals surface area (Å²) < 4.78 is 11.5. The van der Waals surface area contributed by atoms with Gasteiger partial charge in [-0.05, 0) is 29.1 Å². The zero-order valence-corrected chi connectivity index (χ0v) is 12.0. The van der Waals surface area contributed by atoms with Gasteiger partial charge in [0.2, 0.25) is 0 Å². The topological polar surface area (TPSA) is 17.1 Å². The zero-order chi connectivity index (χ0) is 11.9. The SMILES string of the molecule is CC(C)(C)C1(C(C)(C)C)CCS(=O)CC1. The fourth-order valence-electron chi connectivity index (χ4n) is 3.43. The third-order valence-electron chi connectivity index (χ3n) is 4.38. The molecule has 0 saturated carbocycles. The van der Waals surface area contributed by atoms with Gasteiger partial charge in [-0.15, -0.1) is 0 Å². The quantitative estimate of drug-likeness (QED) is 0.621. The lowest BCUT2D eigenvalue weighted by Crippen LogP contribution is -2.50. The molecule has 0 aromatic carbocycles. The lowest BCUT2D eigenvalue weighted by Gasteiger charge is -2.56. The Morgan fingerprint density at radius 2 is 1.20 bits per heavy atom. The minimum Gasteiger partial charge on any atom is -0.260 e. The van der Waals surface area contributed by atoms with Gasteiger partial charge in [-0.1, -0.05) is 41.5 Å². The van der Waals surface area contributed by atoms with E-state index in [4.69, 9.17) is 0 Å². The second kappa shape index (κ2) is 3.87. The molecule has 1 rings (SSSR count). The molecule has 1 aliphatic rings. The van der Waals surface area contributed by atoms with Crippen LogP contribution in [0.25, 0.3) is 0 Å². The van der Waals surface area contributed by atoms with Crippen molar-refractivity contribution in [1.82, 2.24) is 0 Å². The van der Waals surface area contributed by atoms with E-state index in [-0.39, 0.29) is 0 Å². The standard InChI is InChI=1S/C13H26OS/c1-11(2,3)13(12(4,5)6)7-9-15(14)10-8-13/h7-10H2,1-6H3. The van der Waals surface area contributed by atoms with E-state index < -0.39 is 10.8 Å². The molecule has 0 aromatic heterocycles. The summed E-state index contributed by atoms with van der Waals surface area (Å²) in [5.41, 5.74) is 0.944. The van der Waals surface area contributed by atoms with Crippen LogP contribution in [-0.4, -0.2) is 15.7 Å². The van der Waals surface area contributed by atoms with Crippen LogP contribution in [0.3, 0.4) is 0 Å². The molecule has 15 heavy (non-hydrogen) atoms. The van der Waals surface area contributed by atoms with Gasteiger partial charge < -0.3 is 0 Å². The highest BCUT2D eigenvalue weighted by Crippen LogP contribution is 2.57. The summed E-state index contributed by atoms with van der Waals surface area (Å²) in [7, 11) is -0.556. The van der Waals surface area contributed by atoms with Crippen molar-refractivity contribution in [2.45, 2.75) is 54.4 Å². The van der Waals surface area contributed by atoms with Crippen LogP contribution in [0.4, 0.5) is 0 Å². The van der Waals surface area contributed by atoms with E-state index >= 15 is 0 Å². The van der Waals surface area contributed by atoms with Crippen LogP contribution in [0, 0.1) is 16.2 Å². The maximum absolute atomic E-state index is 11.5. The minimum atomic E-state index is -0.556. The predicted molar refractivity (Wildman–Crippen MR) is 68.5 cm³/mol. The van der Waals surface area contributed by atoms with Crippen LogP contribution in [0.15, 0.2) is 0 Å². The van der Waals surface area contributed by atoms with E-state index in [9.17, 15) is 4.21 Å². The zero-order valence-electron chi connectivity index (χ0n) is 11.1. The number of hydrogen-bond acceptors (Lipinski definition) is 1. The molecule has 1 saturated heterocycles. The normalized spacial score (nSPS) is 24.1. The lowest BCUT2D eigenvalue weighted by atomic mass is 9.51. The van der Waals surface area contributed by atoms with Crippen LogP contribution >= 0.6 is 0 Å². The van der Waals surface area contributed by atoms with Crippen molar-refractivity contribution in [3.63, 3.8) is 0 Å². The third kappa shape index (κ3) is 2.30. The first kappa shape index (κ1) is 13.2. The molecule has 1 heterocycles. The Bertz CT molecular complexity index is 229. The molecule has 0 unspecified atom stereocenters. The lowest BCUT2D eigenvalue weighted by molar-refractivity contribution is -0.0404. The van der Waals surface area contributed by atoms with E-state index in [0.717, 1.165) is 24.3 Å². The molecular weight excluding hydrogens is 204 g/mol. The molecule has 0 amide bonds. The first-order chi connectivity index (χ1) is 6.60. The minimum absolute atomic E-state index is 0.301. The monoisotopic (exact) mass is 230 g/mol. The molecule has 1 aliphatic heterocycles. The largest absolute Gasteiger partial charge is 0.260 e. The molecule has 2 heteroatoms. The summed E-state index contributed by atoms with van der Waals surface area (Å²) in [5, 5.41) is 0. The molecule has 0 N–H and O–H groups in total. The Kier molecular flexibility index (Phi) is 3.41. The fourth-order valence-corrected chi connectivity index (χ4v) is 4.78. The Morgan fingerprint density at radius 3 is 1.47 bits per heavy atom. The fraction of sp³-hybridized carbons (Fsp3) is 1.00. The Balaban J connectivity index is 3.04. The molecule has 0 aromatic rings. The molecule has 90 valence electrons. The van der Waals surface area contributed by atoms with Crippen LogP contribution in [0.5, 0.6) is 0 Å². The Labute approximate surface area is 97.5 Å². The second-order valence-electron chi connectivity index (χ2n) is 6.93. The maximum atomic E-state index is 11.5. The predicted octanol–water partition coefficient (Wildman–Crippen LogP) is 3.61. The van der Waals surface area contributed by atoms with E-state index in [1.54, 1.807) is 0 Å². The van der Waals surface area contributed by atoms with Gasteiger partial charge in [0.25, 0.3) is 0 Å². The molecule has 0 bridgehead atoms. The van der Waals surface area contributed by atoms with Gasteiger partial charge in [0, 0.05) is 22.3 Å². The van der Waals surface area contributed by atoms with Crippen molar-refractivity contribution >= 4 is 10.8 Å². The second-order valence-corrected chi connectivity index (χ2v) is 8.63. The highest BCUT2D eigenvalue weighted by atomic mass is 32.2. The summed E-state index contributed by atoms with van der Waals surface area (Å²) in [6.07, 6.45) is 2.24. The third-order valence-corrected chi connectivity index (χ3v) is 5.70. The Hall–Kier alpha value is 0.150. The Morgan fingerprint density at radius 1 is 0.867 bits per heavy atom. The van der Waals surface area contributed by atoms with Gasteiger partial charge in [0.1, 0.15) is 0 Å². The van der Waals surface area contributed by atoms with Gasteiger partial charge in [0.15, 0.2) is 0 Å².